The van der Waals surface area contributed by atoms with Gasteiger partial charge in [0.1, 0.15) is 0 Å². The molecule has 0 spiro atoms. The summed E-state index contributed by atoms with van der Waals surface area (Å²) in [6.45, 7) is 8.75. The SMILES string of the molecule is Cc1ccccc1C(O[Si])C(c1ccccc1C)(c1ccccc1C)c1ccccc1C. The minimum Gasteiger partial charge on any atom is -0.410 e. The van der Waals surface area contributed by atoms with Crippen molar-refractivity contribution in [3.63, 3.8) is 0 Å². The molecule has 4 aromatic rings. The Labute approximate surface area is 195 Å². The fourth-order valence-electron chi connectivity index (χ4n) is 5.17. The van der Waals surface area contributed by atoms with Crippen LogP contribution in [0.25, 0.3) is 0 Å². The summed E-state index contributed by atoms with van der Waals surface area (Å²) in [5.74, 6) is 0. The second-order valence-corrected chi connectivity index (χ2v) is 8.84. The largest absolute Gasteiger partial charge is 0.410 e. The highest BCUT2D eigenvalue weighted by Crippen LogP contribution is 2.53. The summed E-state index contributed by atoms with van der Waals surface area (Å²) in [7, 11) is 3.55. The van der Waals surface area contributed by atoms with Crippen LogP contribution in [0.5, 0.6) is 0 Å². The zero-order chi connectivity index (χ0) is 22.7. The first-order chi connectivity index (χ1) is 15.5. The van der Waals surface area contributed by atoms with E-state index in [-0.39, 0.29) is 6.10 Å². The second-order valence-electron chi connectivity index (χ2n) is 8.61. The number of benzene rings is 4. The van der Waals surface area contributed by atoms with Crippen molar-refractivity contribution in [3.8, 4) is 0 Å². The first-order valence-corrected chi connectivity index (χ1v) is 11.5. The van der Waals surface area contributed by atoms with Gasteiger partial charge in [0.05, 0.1) is 11.5 Å². The molecule has 32 heavy (non-hydrogen) atoms. The van der Waals surface area contributed by atoms with Crippen LogP contribution in [0.1, 0.15) is 50.6 Å². The Morgan fingerprint density at radius 3 is 1.22 bits per heavy atom. The molecule has 1 unspecified atom stereocenters. The van der Waals surface area contributed by atoms with E-state index < -0.39 is 5.41 Å². The van der Waals surface area contributed by atoms with Crippen LogP contribution in [0.2, 0.25) is 0 Å². The molecule has 2 heteroatoms. The highest BCUT2D eigenvalue weighted by atomic mass is 28.2. The Bertz CT molecular complexity index is 1120. The molecule has 0 N–H and O–H groups in total. The van der Waals surface area contributed by atoms with Gasteiger partial charge >= 0.3 is 0 Å². The molecule has 0 saturated carbocycles. The summed E-state index contributed by atoms with van der Waals surface area (Å²) in [6.07, 6.45) is -0.288. The number of aryl methyl sites for hydroxylation is 4. The lowest BCUT2D eigenvalue weighted by molar-refractivity contribution is 0.162. The van der Waals surface area contributed by atoms with Crippen molar-refractivity contribution in [2.75, 3.05) is 0 Å². The molecule has 0 amide bonds. The molecular weight excluding hydrogens is 404 g/mol. The molecule has 159 valence electrons. The third-order valence-corrected chi connectivity index (χ3v) is 6.93. The molecule has 0 aliphatic carbocycles. The van der Waals surface area contributed by atoms with Crippen molar-refractivity contribution in [2.45, 2.75) is 39.2 Å². The van der Waals surface area contributed by atoms with E-state index in [0.29, 0.717) is 0 Å². The maximum Gasteiger partial charge on any atom is 0.247 e. The highest BCUT2D eigenvalue weighted by molar-refractivity contribution is 5.98. The Hall–Kier alpha value is -2.94. The zero-order valence-electron chi connectivity index (χ0n) is 19.2. The summed E-state index contributed by atoms with van der Waals surface area (Å²) >= 11 is 0. The van der Waals surface area contributed by atoms with E-state index in [4.69, 9.17) is 4.43 Å². The summed E-state index contributed by atoms with van der Waals surface area (Å²) in [4.78, 5) is 0. The van der Waals surface area contributed by atoms with Gasteiger partial charge in [0.15, 0.2) is 0 Å². The van der Waals surface area contributed by atoms with Crippen LogP contribution < -0.4 is 0 Å². The van der Waals surface area contributed by atoms with Crippen molar-refractivity contribution < 1.29 is 4.43 Å². The topological polar surface area (TPSA) is 9.23 Å². The van der Waals surface area contributed by atoms with Gasteiger partial charge in [-0.15, -0.1) is 0 Å². The van der Waals surface area contributed by atoms with Gasteiger partial charge in [0, 0.05) is 0 Å². The van der Waals surface area contributed by atoms with E-state index >= 15 is 0 Å². The Balaban J connectivity index is 2.24. The van der Waals surface area contributed by atoms with Crippen molar-refractivity contribution in [1.82, 2.24) is 0 Å². The summed E-state index contributed by atoms with van der Waals surface area (Å²) in [5.41, 5.74) is 9.26. The third kappa shape index (κ3) is 3.64. The standard InChI is InChI=1S/C30H29OSi/c1-21-13-5-9-17-25(21)29(31-32)30(26-18-10-6-14-22(26)2,27-19-11-7-15-23(27)3)28-20-12-8-16-24(28)4/h5-20,29H,1-4H3. The van der Waals surface area contributed by atoms with Crippen LogP contribution in [-0.4, -0.2) is 10.5 Å². The summed E-state index contributed by atoms with van der Waals surface area (Å²) in [6, 6.07) is 34.6. The lowest BCUT2D eigenvalue weighted by atomic mass is 9.61. The van der Waals surface area contributed by atoms with Crippen molar-refractivity contribution >= 4 is 10.5 Å². The number of hydrogen-bond acceptors (Lipinski definition) is 1. The second kappa shape index (κ2) is 9.28. The fourth-order valence-corrected chi connectivity index (χ4v) is 5.47. The van der Waals surface area contributed by atoms with Gasteiger partial charge in [0.2, 0.25) is 10.5 Å². The zero-order valence-corrected chi connectivity index (χ0v) is 20.2. The lowest BCUT2D eigenvalue weighted by Crippen LogP contribution is -2.40. The third-order valence-electron chi connectivity index (χ3n) is 6.69. The van der Waals surface area contributed by atoms with Crippen LogP contribution in [0.4, 0.5) is 0 Å². The van der Waals surface area contributed by atoms with E-state index in [1.165, 1.54) is 38.9 Å². The molecule has 0 saturated heterocycles. The summed E-state index contributed by atoms with van der Waals surface area (Å²) < 4.78 is 6.32. The van der Waals surface area contributed by atoms with E-state index in [2.05, 4.69) is 135 Å². The van der Waals surface area contributed by atoms with Gasteiger partial charge in [-0.05, 0) is 72.2 Å². The smallest absolute Gasteiger partial charge is 0.247 e. The van der Waals surface area contributed by atoms with Gasteiger partial charge in [-0.1, -0.05) is 97.1 Å². The number of hydrogen-bond donors (Lipinski definition) is 0. The average Bonchev–Trinajstić information content (AvgIpc) is 2.80. The van der Waals surface area contributed by atoms with Gasteiger partial charge in [0.25, 0.3) is 0 Å². The van der Waals surface area contributed by atoms with Crippen molar-refractivity contribution in [1.29, 1.82) is 0 Å². The van der Waals surface area contributed by atoms with Crippen LogP contribution >= 0.6 is 0 Å². The Morgan fingerprint density at radius 2 is 0.875 bits per heavy atom. The van der Waals surface area contributed by atoms with Gasteiger partial charge in [-0.3, -0.25) is 0 Å². The lowest BCUT2D eigenvalue weighted by Gasteiger charge is -2.45. The van der Waals surface area contributed by atoms with Crippen LogP contribution in [0.3, 0.4) is 0 Å². The first-order valence-electron chi connectivity index (χ1n) is 11.1. The van der Waals surface area contributed by atoms with E-state index in [1.54, 1.807) is 0 Å². The minimum absolute atomic E-state index is 0.288. The monoisotopic (exact) mass is 433 g/mol. The Morgan fingerprint density at radius 1 is 0.531 bits per heavy atom. The fraction of sp³-hybridized carbons (Fsp3) is 0.200. The highest BCUT2D eigenvalue weighted by Gasteiger charge is 2.47. The molecule has 4 rings (SSSR count). The van der Waals surface area contributed by atoms with Gasteiger partial charge in [-0.25, -0.2) is 0 Å². The van der Waals surface area contributed by atoms with Crippen molar-refractivity contribution in [2.24, 2.45) is 0 Å². The Kier molecular flexibility index (Phi) is 6.45. The minimum atomic E-state index is -0.560. The maximum atomic E-state index is 6.32. The molecule has 0 fully saturated rings. The molecule has 0 aromatic heterocycles. The molecule has 0 aliphatic heterocycles. The first kappa shape index (κ1) is 22.3. The molecule has 4 aromatic carbocycles. The molecular formula is C30H29OSi. The van der Waals surface area contributed by atoms with Gasteiger partial charge < -0.3 is 4.43 Å². The average molecular weight is 434 g/mol. The van der Waals surface area contributed by atoms with E-state index in [9.17, 15) is 0 Å². The predicted octanol–water partition coefficient (Wildman–Crippen LogP) is 7.10. The van der Waals surface area contributed by atoms with Crippen LogP contribution in [0, 0.1) is 27.7 Å². The maximum absolute atomic E-state index is 6.32. The number of rotatable bonds is 6. The van der Waals surface area contributed by atoms with Crippen LogP contribution in [-0.2, 0) is 9.84 Å². The molecule has 0 bridgehead atoms. The van der Waals surface area contributed by atoms with E-state index in [0.717, 1.165) is 5.56 Å². The molecule has 3 radical (unpaired) electrons. The molecule has 0 aliphatic rings. The molecule has 1 atom stereocenters. The van der Waals surface area contributed by atoms with Crippen LogP contribution in [0.15, 0.2) is 97.1 Å². The summed E-state index contributed by atoms with van der Waals surface area (Å²) in [5, 5.41) is 0. The van der Waals surface area contributed by atoms with E-state index in [1.807, 2.05) is 0 Å². The van der Waals surface area contributed by atoms with Crippen molar-refractivity contribution in [3.05, 3.63) is 142 Å². The van der Waals surface area contributed by atoms with Gasteiger partial charge in [-0.2, -0.15) is 0 Å². The molecule has 1 nitrogen and oxygen atoms in total. The molecule has 0 heterocycles. The quantitative estimate of drug-likeness (QED) is 0.233. The predicted molar refractivity (Wildman–Crippen MR) is 134 cm³/mol. The normalized spacial score (nSPS) is 12.5.